The van der Waals surface area contributed by atoms with Crippen LogP contribution in [0.15, 0.2) is 0 Å². The van der Waals surface area contributed by atoms with Crippen LogP contribution in [0, 0.1) is 0 Å². The molecule has 0 fully saturated rings. The highest BCUT2D eigenvalue weighted by Crippen LogP contribution is 1.56. The van der Waals surface area contributed by atoms with Crippen LogP contribution >= 0.6 is 0 Å². The van der Waals surface area contributed by atoms with E-state index in [2.05, 4.69) is 13.8 Å². The lowest BCUT2D eigenvalue weighted by Gasteiger charge is -1.48. The van der Waals surface area contributed by atoms with Gasteiger partial charge in [-0.2, -0.15) is 0 Å². The van der Waals surface area contributed by atoms with Gasteiger partial charge in [-0.15, -0.1) is 0 Å². The summed E-state index contributed by atoms with van der Waals surface area (Å²) in [6.07, 6.45) is 1.25. The lowest BCUT2D eigenvalue weighted by molar-refractivity contribution is 1.09. The van der Waals surface area contributed by atoms with E-state index in [1.807, 2.05) is 41.5 Å². The molecular weight excluding hydrogens is 156 g/mol. The second kappa shape index (κ2) is 1450. The van der Waals surface area contributed by atoms with E-state index in [-0.39, 0.29) is 29.7 Å². The molecule has 0 saturated heterocycles. The summed E-state index contributed by atoms with van der Waals surface area (Å²) in [4.78, 5) is 0. The van der Waals surface area contributed by atoms with E-state index >= 15 is 0 Å². The largest absolute Gasteiger partial charge is 0.0776 e. The van der Waals surface area contributed by atoms with Gasteiger partial charge in [0.25, 0.3) is 0 Å². The zero-order valence-electron chi connectivity index (χ0n) is 8.71. The van der Waals surface area contributed by atoms with E-state index in [4.69, 9.17) is 0 Å². The van der Waals surface area contributed by atoms with Crippen molar-refractivity contribution in [2.24, 2.45) is 0 Å². The highest BCUT2D eigenvalue weighted by Gasteiger charge is 1.35. The molecule has 0 aliphatic carbocycles. The van der Waals surface area contributed by atoms with Crippen LogP contribution in [0.4, 0.5) is 0 Å². The molecule has 0 rings (SSSR count). The topological polar surface area (TPSA) is 0 Å². The van der Waals surface area contributed by atoms with Crippen molar-refractivity contribution >= 4 is 0 Å². The van der Waals surface area contributed by atoms with Crippen molar-refractivity contribution in [1.29, 1.82) is 0 Å². The predicted octanol–water partition coefficient (Wildman–Crippen LogP) is 7.04. The predicted molar refractivity (Wildman–Crippen MR) is 76.9 cm³/mol. The van der Waals surface area contributed by atoms with Gasteiger partial charge in [0, 0.05) is 0 Å². The lowest BCUT2D eigenvalue weighted by atomic mass is 10.6. The molecule has 0 saturated carbocycles. The van der Waals surface area contributed by atoms with E-state index < -0.39 is 0 Å². The van der Waals surface area contributed by atoms with Crippen LogP contribution in [0.2, 0.25) is 0 Å². The first kappa shape index (κ1) is 74.9. The molecule has 0 amide bonds. The molecule has 0 N–H and O–H groups in total. The van der Waals surface area contributed by atoms with Gasteiger partial charge in [-0.1, -0.05) is 91.5 Å². The summed E-state index contributed by atoms with van der Waals surface area (Å²) in [5.74, 6) is 0. The molecule has 0 radical (unpaired) electrons. The summed E-state index contributed by atoms with van der Waals surface area (Å²) >= 11 is 0. The van der Waals surface area contributed by atoms with Gasteiger partial charge in [-0.05, 0) is 0 Å². The fourth-order valence-electron chi connectivity index (χ4n) is 0. The quantitative estimate of drug-likeness (QED) is 0.391. The third kappa shape index (κ3) is 0. The van der Waals surface area contributed by atoms with Crippen molar-refractivity contribution in [3.05, 3.63) is 0 Å². The van der Waals surface area contributed by atoms with Gasteiger partial charge < -0.3 is 0 Å². The molecule has 0 heterocycles. The molecule has 0 aliphatic heterocycles. The summed E-state index contributed by atoms with van der Waals surface area (Å²) in [5, 5.41) is 0. The molecule has 13 heavy (non-hydrogen) atoms. The van der Waals surface area contributed by atoms with Crippen LogP contribution in [0.25, 0.3) is 0 Å². The SMILES string of the molecule is C.C.C.C.CC.CC.CC.CCC. The van der Waals surface area contributed by atoms with Crippen molar-refractivity contribution in [1.82, 2.24) is 0 Å². The van der Waals surface area contributed by atoms with Gasteiger partial charge in [-0.25, -0.2) is 0 Å². The lowest BCUT2D eigenvalue weighted by Crippen LogP contribution is -1.27. The summed E-state index contributed by atoms with van der Waals surface area (Å²) in [7, 11) is 0. The van der Waals surface area contributed by atoms with Crippen molar-refractivity contribution in [3.63, 3.8) is 0 Å². The molecule has 0 bridgehead atoms. The van der Waals surface area contributed by atoms with Gasteiger partial charge >= 0.3 is 0 Å². The molecule has 0 aromatic heterocycles. The summed E-state index contributed by atoms with van der Waals surface area (Å²) in [6, 6.07) is 0. The highest BCUT2D eigenvalue weighted by molar-refractivity contribution is 3.92. The van der Waals surface area contributed by atoms with Crippen molar-refractivity contribution < 1.29 is 0 Å². The minimum atomic E-state index is 0. The average Bonchev–Trinajstić information content (AvgIpc) is 2.01. The van der Waals surface area contributed by atoms with Gasteiger partial charge in [0.2, 0.25) is 0 Å². The van der Waals surface area contributed by atoms with Gasteiger partial charge in [0.15, 0.2) is 0 Å². The Kier molecular flexibility index (Phi) is 8360. The minimum Gasteiger partial charge on any atom is -0.0776 e. The van der Waals surface area contributed by atoms with Crippen LogP contribution in [0.3, 0.4) is 0 Å². The Bertz CT molecular complexity index is 0. The zero-order chi connectivity index (χ0) is 8.71. The molecule has 0 aliphatic rings. The summed E-state index contributed by atoms with van der Waals surface area (Å²) in [6.45, 7) is 16.2. The first-order valence-electron chi connectivity index (χ1n) is 4.41. The maximum Gasteiger partial charge on any atom is -0.0590 e. The monoisotopic (exact) mass is 198 g/mol. The van der Waals surface area contributed by atoms with E-state index in [0.29, 0.717) is 0 Å². The van der Waals surface area contributed by atoms with Crippen LogP contribution in [0.1, 0.15) is 91.5 Å². The summed E-state index contributed by atoms with van der Waals surface area (Å²) in [5.41, 5.74) is 0. The Morgan fingerprint density at radius 2 is 0.462 bits per heavy atom. The van der Waals surface area contributed by atoms with E-state index in [9.17, 15) is 0 Å². The van der Waals surface area contributed by atoms with E-state index in [1.54, 1.807) is 0 Å². The molecule has 0 atom stereocenters. The average molecular weight is 198 g/mol. The fourth-order valence-corrected chi connectivity index (χ4v) is 0. The van der Waals surface area contributed by atoms with Crippen molar-refractivity contribution in [2.75, 3.05) is 0 Å². The number of hydrogen-bond acceptors (Lipinski definition) is 0. The molecule has 94 valence electrons. The van der Waals surface area contributed by atoms with Crippen LogP contribution in [-0.2, 0) is 0 Å². The molecule has 0 nitrogen and oxygen atoms in total. The smallest absolute Gasteiger partial charge is 0.0590 e. The van der Waals surface area contributed by atoms with E-state index in [1.165, 1.54) is 6.42 Å². The van der Waals surface area contributed by atoms with Crippen molar-refractivity contribution in [3.8, 4) is 0 Å². The molecule has 0 spiro atoms. The summed E-state index contributed by atoms with van der Waals surface area (Å²) < 4.78 is 0. The third-order valence-electron chi connectivity index (χ3n) is 0. The Morgan fingerprint density at radius 1 is 0.462 bits per heavy atom. The fraction of sp³-hybridized carbons (Fsp3) is 1.00. The van der Waals surface area contributed by atoms with Gasteiger partial charge in [-0.3, -0.25) is 0 Å². The van der Waals surface area contributed by atoms with E-state index in [0.717, 1.165) is 0 Å². The zero-order valence-corrected chi connectivity index (χ0v) is 8.71. The normalized spacial score (nSPS) is 2.77. The molecule has 0 aromatic carbocycles. The maximum absolute atomic E-state index is 2.12. The third-order valence-corrected chi connectivity index (χ3v) is 0. The Balaban J connectivity index is -0.00000000394. The first-order chi connectivity index (χ1) is 4.41. The molecule has 0 heteroatoms. The number of rotatable bonds is 0. The van der Waals surface area contributed by atoms with Crippen LogP contribution in [0.5, 0.6) is 0 Å². The second-order valence-corrected chi connectivity index (χ2v) is 0.707. The molecule has 0 unspecified atom stereocenters. The van der Waals surface area contributed by atoms with Gasteiger partial charge in [0.05, 0.1) is 0 Å². The standard InChI is InChI=1S/C3H8.3C2H6.4CH4/c1-3-2;3*1-2;;;;/h3H2,1-2H3;3*1-2H3;4*1H4. The maximum atomic E-state index is 2.12. The molecular formula is C13H42. The van der Waals surface area contributed by atoms with Gasteiger partial charge in [0.1, 0.15) is 0 Å². The van der Waals surface area contributed by atoms with Crippen LogP contribution in [-0.4, -0.2) is 0 Å². The second-order valence-electron chi connectivity index (χ2n) is 0.707. The van der Waals surface area contributed by atoms with Crippen molar-refractivity contribution in [2.45, 2.75) is 91.5 Å². The minimum absolute atomic E-state index is 0. The number of hydrogen-bond donors (Lipinski definition) is 0. The Labute approximate surface area is 92.2 Å². The van der Waals surface area contributed by atoms with Crippen LogP contribution < -0.4 is 0 Å². The molecule has 0 aromatic rings. The first-order valence-corrected chi connectivity index (χ1v) is 4.41. The Hall–Kier alpha value is 0. The Morgan fingerprint density at radius 3 is 0.462 bits per heavy atom. The highest BCUT2D eigenvalue weighted by atomic mass is 13.4.